The van der Waals surface area contributed by atoms with E-state index in [1.54, 1.807) is 13.1 Å². The van der Waals surface area contributed by atoms with E-state index in [-0.39, 0.29) is 0 Å². The molecule has 0 aliphatic heterocycles. The van der Waals surface area contributed by atoms with Crippen molar-refractivity contribution in [3.05, 3.63) is 26.6 Å². The van der Waals surface area contributed by atoms with E-state index in [0.29, 0.717) is 5.56 Å². The van der Waals surface area contributed by atoms with Crippen molar-refractivity contribution >= 4 is 43.8 Å². The highest BCUT2D eigenvalue weighted by atomic mass is 79.9. The highest BCUT2D eigenvalue weighted by Gasteiger charge is 2.05. The topological polar surface area (TPSA) is 29.1 Å². The second-order valence-corrected chi connectivity index (χ2v) is 3.99. The zero-order valence-corrected chi connectivity index (χ0v) is 9.57. The predicted octanol–water partition coefficient (Wildman–Crippen LogP) is 3.07. The van der Waals surface area contributed by atoms with Crippen LogP contribution in [0.15, 0.2) is 21.1 Å². The molecule has 12 heavy (non-hydrogen) atoms. The van der Waals surface area contributed by atoms with Gasteiger partial charge in [0, 0.05) is 21.6 Å². The Bertz CT molecular complexity index is 312. The number of halogens is 2. The Balaban J connectivity index is 3.33. The highest BCUT2D eigenvalue weighted by Crippen LogP contribution is 2.29. The fraction of sp³-hybridized carbons (Fsp3) is 0.125. The van der Waals surface area contributed by atoms with Gasteiger partial charge in [-0.3, -0.25) is 4.79 Å². The molecule has 0 saturated heterocycles. The minimum absolute atomic E-state index is 0.638. The van der Waals surface area contributed by atoms with E-state index in [2.05, 4.69) is 37.2 Å². The Hall–Kier alpha value is -0.350. The van der Waals surface area contributed by atoms with Gasteiger partial charge in [-0.2, -0.15) is 0 Å². The summed E-state index contributed by atoms with van der Waals surface area (Å²) in [7, 11) is 1.78. The fourth-order valence-electron chi connectivity index (χ4n) is 0.950. The van der Waals surface area contributed by atoms with Crippen LogP contribution >= 0.6 is 31.9 Å². The second kappa shape index (κ2) is 4.05. The minimum Gasteiger partial charge on any atom is -0.387 e. The third kappa shape index (κ3) is 1.87. The SMILES string of the molecule is CNc1c(Br)cc(Br)cc1C=O. The number of hydrogen-bond donors (Lipinski definition) is 1. The lowest BCUT2D eigenvalue weighted by atomic mass is 10.2. The van der Waals surface area contributed by atoms with E-state index in [1.807, 2.05) is 6.07 Å². The molecule has 0 atom stereocenters. The molecule has 64 valence electrons. The molecule has 0 aromatic heterocycles. The zero-order valence-electron chi connectivity index (χ0n) is 6.40. The van der Waals surface area contributed by atoms with E-state index >= 15 is 0 Å². The summed E-state index contributed by atoms with van der Waals surface area (Å²) in [6.07, 6.45) is 0.821. The van der Waals surface area contributed by atoms with Gasteiger partial charge in [0.25, 0.3) is 0 Å². The van der Waals surface area contributed by atoms with E-state index < -0.39 is 0 Å². The molecule has 0 bridgehead atoms. The molecule has 1 rings (SSSR count). The number of nitrogens with one attached hydrogen (secondary N) is 1. The fourth-order valence-corrected chi connectivity index (χ4v) is 2.41. The Morgan fingerprint density at radius 2 is 2.08 bits per heavy atom. The van der Waals surface area contributed by atoms with Gasteiger partial charge in [-0.1, -0.05) is 15.9 Å². The Labute approximate surface area is 87.6 Å². The number of carbonyl (C=O) groups is 1. The van der Waals surface area contributed by atoms with Crippen LogP contribution in [0, 0.1) is 0 Å². The summed E-state index contributed by atoms with van der Waals surface area (Å²) < 4.78 is 1.76. The van der Waals surface area contributed by atoms with Crippen molar-refractivity contribution in [2.45, 2.75) is 0 Å². The van der Waals surface area contributed by atoms with Crippen molar-refractivity contribution in [2.75, 3.05) is 12.4 Å². The number of anilines is 1. The molecule has 0 heterocycles. The maximum absolute atomic E-state index is 10.6. The Kier molecular flexibility index (Phi) is 3.29. The van der Waals surface area contributed by atoms with Crippen LogP contribution in [0.5, 0.6) is 0 Å². The summed E-state index contributed by atoms with van der Waals surface area (Å²) in [5.74, 6) is 0. The summed E-state index contributed by atoms with van der Waals surface area (Å²) in [6.45, 7) is 0. The Morgan fingerprint density at radius 3 is 2.58 bits per heavy atom. The van der Waals surface area contributed by atoms with E-state index in [0.717, 1.165) is 20.9 Å². The van der Waals surface area contributed by atoms with Crippen LogP contribution in [0.4, 0.5) is 5.69 Å². The smallest absolute Gasteiger partial charge is 0.152 e. The van der Waals surface area contributed by atoms with E-state index in [1.165, 1.54) is 0 Å². The van der Waals surface area contributed by atoms with Gasteiger partial charge >= 0.3 is 0 Å². The van der Waals surface area contributed by atoms with Crippen molar-refractivity contribution in [1.82, 2.24) is 0 Å². The van der Waals surface area contributed by atoms with Crippen LogP contribution in [0.25, 0.3) is 0 Å². The molecule has 0 amide bonds. The summed E-state index contributed by atoms with van der Waals surface area (Å²) >= 11 is 6.65. The van der Waals surface area contributed by atoms with Crippen molar-refractivity contribution in [1.29, 1.82) is 0 Å². The van der Waals surface area contributed by atoms with Crippen molar-refractivity contribution < 1.29 is 4.79 Å². The average molecular weight is 293 g/mol. The molecule has 1 aromatic carbocycles. The van der Waals surface area contributed by atoms with Crippen molar-refractivity contribution in [3.8, 4) is 0 Å². The molecule has 0 aliphatic rings. The normalized spacial score (nSPS) is 9.58. The first kappa shape index (κ1) is 9.74. The van der Waals surface area contributed by atoms with Gasteiger partial charge in [0.1, 0.15) is 0 Å². The predicted molar refractivity (Wildman–Crippen MR) is 56.8 cm³/mol. The van der Waals surface area contributed by atoms with Crippen LogP contribution in [-0.4, -0.2) is 13.3 Å². The molecular weight excluding hydrogens is 286 g/mol. The maximum atomic E-state index is 10.6. The largest absolute Gasteiger partial charge is 0.387 e. The molecule has 1 aromatic rings. The van der Waals surface area contributed by atoms with Gasteiger partial charge in [0.15, 0.2) is 6.29 Å². The molecule has 0 radical (unpaired) electrons. The molecular formula is C8H7Br2NO. The van der Waals surface area contributed by atoms with Gasteiger partial charge in [0.2, 0.25) is 0 Å². The first-order chi connectivity index (χ1) is 5.69. The van der Waals surface area contributed by atoms with Crippen LogP contribution in [0.1, 0.15) is 10.4 Å². The molecule has 0 aliphatic carbocycles. The van der Waals surface area contributed by atoms with Gasteiger partial charge in [-0.05, 0) is 28.1 Å². The van der Waals surface area contributed by atoms with E-state index in [4.69, 9.17) is 0 Å². The van der Waals surface area contributed by atoms with Crippen molar-refractivity contribution in [2.24, 2.45) is 0 Å². The first-order valence-electron chi connectivity index (χ1n) is 3.31. The van der Waals surface area contributed by atoms with Crippen LogP contribution < -0.4 is 5.32 Å². The van der Waals surface area contributed by atoms with Crippen LogP contribution in [-0.2, 0) is 0 Å². The van der Waals surface area contributed by atoms with Gasteiger partial charge < -0.3 is 5.32 Å². The minimum atomic E-state index is 0.638. The zero-order chi connectivity index (χ0) is 9.14. The third-order valence-corrected chi connectivity index (χ3v) is 2.55. The lowest BCUT2D eigenvalue weighted by Crippen LogP contribution is -1.95. The number of hydrogen-bond acceptors (Lipinski definition) is 2. The Morgan fingerprint density at radius 1 is 1.42 bits per heavy atom. The second-order valence-electron chi connectivity index (χ2n) is 2.22. The van der Waals surface area contributed by atoms with Crippen molar-refractivity contribution in [3.63, 3.8) is 0 Å². The van der Waals surface area contributed by atoms with E-state index in [9.17, 15) is 4.79 Å². The van der Waals surface area contributed by atoms with Gasteiger partial charge in [-0.15, -0.1) is 0 Å². The first-order valence-corrected chi connectivity index (χ1v) is 4.89. The molecule has 4 heteroatoms. The lowest BCUT2D eigenvalue weighted by molar-refractivity contribution is 0.112. The summed E-state index contributed by atoms with van der Waals surface area (Å²) in [5.41, 5.74) is 1.45. The number of aldehydes is 1. The third-order valence-electron chi connectivity index (χ3n) is 1.46. The molecule has 1 N–H and O–H groups in total. The number of rotatable bonds is 2. The molecule has 2 nitrogen and oxygen atoms in total. The van der Waals surface area contributed by atoms with Gasteiger partial charge in [-0.25, -0.2) is 0 Å². The summed E-state index contributed by atoms with van der Waals surface area (Å²) in [5, 5.41) is 2.94. The monoisotopic (exact) mass is 291 g/mol. The van der Waals surface area contributed by atoms with Crippen LogP contribution in [0.2, 0.25) is 0 Å². The molecule has 0 spiro atoms. The van der Waals surface area contributed by atoms with Gasteiger partial charge in [0.05, 0.1) is 5.69 Å². The highest BCUT2D eigenvalue weighted by molar-refractivity contribution is 9.11. The number of benzene rings is 1. The average Bonchev–Trinajstić information content (AvgIpc) is 2.03. The quantitative estimate of drug-likeness (QED) is 0.849. The maximum Gasteiger partial charge on any atom is 0.152 e. The standard InChI is InChI=1S/C8H7Br2NO/c1-11-8-5(4-12)2-6(9)3-7(8)10/h2-4,11H,1H3. The lowest BCUT2D eigenvalue weighted by Gasteiger charge is -2.06. The summed E-state index contributed by atoms with van der Waals surface area (Å²) in [6, 6.07) is 3.66. The number of carbonyl (C=O) groups excluding carboxylic acids is 1. The molecule has 0 unspecified atom stereocenters. The van der Waals surface area contributed by atoms with Crippen LogP contribution in [0.3, 0.4) is 0 Å². The molecule has 0 fully saturated rings. The molecule has 0 saturated carbocycles. The summed E-state index contributed by atoms with van der Waals surface area (Å²) in [4.78, 5) is 10.6.